The lowest BCUT2D eigenvalue weighted by Crippen LogP contribution is -2.25. The maximum atomic E-state index is 13.5. The van der Waals surface area contributed by atoms with Crippen molar-refractivity contribution in [1.29, 1.82) is 0 Å². The topological polar surface area (TPSA) is 42.0 Å². The molecule has 0 fully saturated rings. The first kappa shape index (κ1) is 14.7. The van der Waals surface area contributed by atoms with Crippen molar-refractivity contribution >= 4 is 21.8 Å². The second-order valence-corrected chi connectivity index (χ2v) is 5.37. The van der Waals surface area contributed by atoms with Gasteiger partial charge in [-0.3, -0.25) is 9.78 Å². The van der Waals surface area contributed by atoms with Crippen LogP contribution in [0.3, 0.4) is 0 Å². The summed E-state index contributed by atoms with van der Waals surface area (Å²) >= 11 is 3.26. The first-order valence-corrected chi connectivity index (χ1v) is 6.96. The molecule has 1 aromatic carbocycles. The minimum atomic E-state index is -0.377. The first-order valence-electron chi connectivity index (χ1n) is 6.17. The van der Waals surface area contributed by atoms with Gasteiger partial charge in [0.1, 0.15) is 5.82 Å². The summed E-state index contributed by atoms with van der Waals surface area (Å²) < 4.78 is 14.3. The summed E-state index contributed by atoms with van der Waals surface area (Å²) in [5, 5.41) is 2.75. The zero-order valence-corrected chi connectivity index (χ0v) is 12.6. The van der Waals surface area contributed by atoms with Gasteiger partial charge < -0.3 is 5.32 Å². The third kappa shape index (κ3) is 3.87. The fraction of sp³-hybridized carbons (Fsp3) is 0.200. The number of hydrogen-bond acceptors (Lipinski definition) is 2. The number of aromatic nitrogens is 1. The Morgan fingerprint density at radius 2 is 2.20 bits per heavy atom. The van der Waals surface area contributed by atoms with Crippen LogP contribution >= 0.6 is 15.9 Å². The van der Waals surface area contributed by atoms with Crippen LogP contribution in [0, 0.1) is 12.7 Å². The van der Waals surface area contributed by atoms with Crippen LogP contribution in [0.2, 0.25) is 0 Å². The van der Waals surface area contributed by atoms with E-state index in [1.54, 1.807) is 18.3 Å². The number of rotatable bonds is 4. The van der Waals surface area contributed by atoms with Crippen LogP contribution in [-0.4, -0.2) is 10.9 Å². The van der Waals surface area contributed by atoms with Crippen molar-refractivity contribution in [3.63, 3.8) is 0 Å². The molecule has 0 aliphatic rings. The van der Waals surface area contributed by atoms with Gasteiger partial charge in [0.15, 0.2) is 0 Å². The van der Waals surface area contributed by atoms with E-state index in [0.717, 1.165) is 15.7 Å². The number of carbonyl (C=O) groups excluding carboxylic acids is 1. The summed E-state index contributed by atoms with van der Waals surface area (Å²) in [5.41, 5.74) is 2.20. The largest absolute Gasteiger partial charge is 0.350 e. The van der Waals surface area contributed by atoms with Crippen LogP contribution < -0.4 is 5.32 Å². The number of pyridine rings is 1. The Hall–Kier alpha value is -1.75. The molecule has 0 aliphatic heterocycles. The molecule has 1 heterocycles. The number of carbonyl (C=O) groups is 1. The fourth-order valence-corrected chi connectivity index (χ4v) is 2.21. The lowest BCUT2D eigenvalue weighted by molar-refractivity contribution is -0.120. The molecule has 0 bridgehead atoms. The van der Waals surface area contributed by atoms with E-state index in [1.807, 2.05) is 19.1 Å². The molecule has 2 rings (SSSR count). The summed E-state index contributed by atoms with van der Waals surface area (Å²) in [6.07, 6.45) is 1.69. The molecule has 20 heavy (non-hydrogen) atoms. The highest BCUT2D eigenvalue weighted by atomic mass is 79.9. The second-order valence-electron chi connectivity index (χ2n) is 4.46. The van der Waals surface area contributed by atoms with E-state index in [2.05, 4.69) is 26.2 Å². The maximum Gasteiger partial charge on any atom is 0.224 e. The van der Waals surface area contributed by atoms with Crippen LogP contribution in [0.5, 0.6) is 0 Å². The van der Waals surface area contributed by atoms with Crippen molar-refractivity contribution in [3.8, 4) is 0 Å². The molecule has 2 aromatic rings. The molecule has 0 radical (unpaired) electrons. The Kier molecular flexibility index (Phi) is 4.84. The second kappa shape index (κ2) is 6.61. The number of amides is 1. The van der Waals surface area contributed by atoms with Crippen LogP contribution in [0.1, 0.15) is 16.8 Å². The molecule has 0 atom stereocenters. The van der Waals surface area contributed by atoms with Crippen molar-refractivity contribution in [2.24, 2.45) is 0 Å². The van der Waals surface area contributed by atoms with E-state index < -0.39 is 0 Å². The van der Waals surface area contributed by atoms with Crippen LogP contribution in [0.4, 0.5) is 4.39 Å². The monoisotopic (exact) mass is 336 g/mol. The van der Waals surface area contributed by atoms with Crippen LogP contribution in [0.15, 0.2) is 41.0 Å². The zero-order chi connectivity index (χ0) is 14.5. The molecular formula is C15H14BrFN2O. The highest BCUT2D eigenvalue weighted by Crippen LogP contribution is 2.16. The van der Waals surface area contributed by atoms with Crippen molar-refractivity contribution < 1.29 is 9.18 Å². The standard InChI is InChI=1S/C15H14BrFN2O/c1-10-3-2-6-18-14(10)9-19-15(20)8-11-7-12(16)4-5-13(11)17/h2-7H,8-9H2,1H3,(H,19,20). The predicted molar refractivity (Wildman–Crippen MR) is 78.6 cm³/mol. The van der Waals surface area contributed by atoms with Gasteiger partial charge in [0.05, 0.1) is 18.7 Å². The Bertz CT molecular complexity index is 631. The number of nitrogens with zero attached hydrogens (tertiary/aromatic N) is 1. The van der Waals surface area contributed by atoms with Crippen molar-refractivity contribution in [3.05, 3.63) is 63.6 Å². The average molecular weight is 337 g/mol. The lowest BCUT2D eigenvalue weighted by Gasteiger charge is -2.08. The lowest BCUT2D eigenvalue weighted by atomic mass is 10.1. The Morgan fingerprint density at radius 1 is 1.40 bits per heavy atom. The third-order valence-corrected chi connectivity index (χ3v) is 3.42. The van der Waals surface area contributed by atoms with E-state index in [4.69, 9.17) is 0 Å². The number of halogens is 2. The Morgan fingerprint density at radius 3 is 2.95 bits per heavy atom. The Labute approximate surface area is 125 Å². The molecule has 1 aromatic heterocycles. The molecular weight excluding hydrogens is 323 g/mol. The number of benzene rings is 1. The van der Waals surface area contributed by atoms with E-state index in [-0.39, 0.29) is 18.1 Å². The summed E-state index contributed by atoms with van der Waals surface area (Å²) in [5.74, 6) is -0.607. The molecule has 0 aliphatic carbocycles. The summed E-state index contributed by atoms with van der Waals surface area (Å²) in [7, 11) is 0. The van der Waals surface area contributed by atoms with Gasteiger partial charge in [-0.1, -0.05) is 22.0 Å². The van der Waals surface area contributed by atoms with Crippen LogP contribution in [-0.2, 0) is 17.8 Å². The fourth-order valence-electron chi connectivity index (χ4n) is 1.80. The maximum absolute atomic E-state index is 13.5. The third-order valence-electron chi connectivity index (χ3n) is 2.93. The van der Waals surface area contributed by atoms with Gasteiger partial charge in [0.25, 0.3) is 0 Å². The Balaban J connectivity index is 1.96. The average Bonchev–Trinajstić information content (AvgIpc) is 2.42. The summed E-state index contributed by atoms with van der Waals surface area (Å²) in [4.78, 5) is 16.0. The van der Waals surface area contributed by atoms with Crippen molar-refractivity contribution in [2.75, 3.05) is 0 Å². The minimum Gasteiger partial charge on any atom is -0.350 e. The zero-order valence-electron chi connectivity index (χ0n) is 11.0. The molecule has 1 amide bonds. The highest BCUT2D eigenvalue weighted by molar-refractivity contribution is 9.10. The van der Waals surface area contributed by atoms with Gasteiger partial charge in [0, 0.05) is 10.7 Å². The van der Waals surface area contributed by atoms with Crippen molar-refractivity contribution in [1.82, 2.24) is 10.3 Å². The number of hydrogen-bond donors (Lipinski definition) is 1. The number of nitrogens with one attached hydrogen (secondary N) is 1. The van der Waals surface area contributed by atoms with E-state index in [9.17, 15) is 9.18 Å². The summed E-state index contributed by atoms with van der Waals surface area (Å²) in [6.45, 7) is 2.28. The SMILES string of the molecule is Cc1cccnc1CNC(=O)Cc1cc(Br)ccc1F. The molecule has 104 valence electrons. The minimum absolute atomic E-state index is 0.0111. The number of aryl methyl sites for hydroxylation is 1. The quantitative estimate of drug-likeness (QED) is 0.931. The van der Waals surface area contributed by atoms with Crippen LogP contribution in [0.25, 0.3) is 0 Å². The van der Waals surface area contributed by atoms with Gasteiger partial charge in [-0.2, -0.15) is 0 Å². The van der Waals surface area contributed by atoms with Crippen molar-refractivity contribution in [2.45, 2.75) is 19.9 Å². The van der Waals surface area contributed by atoms with Gasteiger partial charge >= 0.3 is 0 Å². The van der Waals surface area contributed by atoms with Gasteiger partial charge in [-0.25, -0.2) is 4.39 Å². The molecule has 0 saturated heterocycles. The van der Waals surface area contributed by atoms with E-state index in [0.29, 0.717) is 12.1 Å². The van der Waals surface area contributed by atoms with E-state index in [1.165, 1.54) is 6.07 Å². The smallest absolute Gasteiger partial charge is 0.224 e. The van der Waals surface area contributed by atoms with Gasteiger partial charge in [-0.05, 0) is 42.3 Å². The van der Waals surface area contributed by atoms with Gasteiger partial charge in [0.2, 0.25) is 5.91 Å². The predicted octanol–water partition coefficient (Wildman–Crippen LogP) is 3.15. The molecule has 0 spiro atoms. The molecule has 3 nitrogen and oxygen atoms in total. The molecule has 0 unspecified atom stereocenters. The first-order chi connectivity index (χ1) is 9.56. The summed E-state index contributed by atoms with van der Waals surface area (Å²) in [6, 6.07) is 8.34. The van der Waals surface area contributed by atoms with Gasteiger partial charge in [-0.15, -0.1) is 0 Å². The molecule has 0 saturated carbocycles. The highest BCUT2D eigenvalue weighted by Gasteiger charge is 2.09. The normalized spacial score (nSPS) is 10.3. The molecule has 5 heteroatoms. The molecule has 1 N–H and O–H groups in total. The van der Waals surface area contributed by atoms with E-state index >= 15 is 0 Å².